The van der Waals surface area contributed by atoms with Crippen molar-refractivity contribution in [3.8, 4) is 67.5 Å². The number of rotatable bonds is 20. The van der Waals surface area contributed by atoms with E-state index in [4.69, 9.17) is 47.9 Å². The first-order chi connectivity index (χ1) is 40.5. The Hall–Kier alpha value is -9.60. The topological polar surface area (TPSA) is 248 Å². The number of hydrogen-bond acceptors (Lipinski definition) is 14. The number of fused-ring (bicyclic) bond motifs is 8. The van der Waals surface area contributed by atoms with E-state index in [-0.39, 0.29) is 0 Å². The number of anilines is 4. The first-order valence-electron chi connectivity index (χ1n) is 26.8. The molecule has 5 heterocycles. The summed E-state index contributed by atoms with van der Waals surface area (Å²) in [6.45, 7) is 6.53. The second-order valence-corrected chi connectivity index (χ2v) is 19.6. The van der Waals surface area contributed by atoms with Gasteiger partial charge < -0.3 is 69.1 Å². The zero-order chi connectivity index (χ0) is 59.9. The number of methoxy groups -OCH3 is 8. The maximum atomic E-state index is 13.9. The predicted octanol–water partition coefficient (Wildman–Crippen LogP) is 11.3. The van der Waals surface area contributed by atoms with Crippen LogP contribution in [-0.2, 0) is 38.1 Å². The first-order valence-corrected chi connectivity index (χ1v) is 26.8. The normalized spacial score (nSPS) is 13.1. The fourth-order valence-corrected chi connectivity index (χ4v) is 9.67. The molecule has 0 radical (unpaired) electrons. The highest BCUT2D eigenvalue weighted by Gasteiger charge is 2.28. The Labute approximate surface area is 485 Å². The standard InChI is InChI=1S/C64H66N8O12/c1-33(77-5)61(73)69-43-15-13-16-44(70-62(74)34(2)78-6)57(43)59-51-23-19-47(65-51)55(37-27-39(81-9)31-40(28-37)82-10)49-21-25-53(67-49)60(58-45(71-63(75)35(3)79-7)17-14-18-46(58)72-64(76)36(4)80-8)54-26-22-50(68-54)56(48-20-24-52(59)66-48)38-29-41(83-11)32-42(30-38)84-12/h13-36,65,68H,1-12H3,(H,69,73)(H,70,74)(H,71,75)(H,72,76)/t33-,34-,35-,36-/m0/s1. The number of aromatic amines is 2. The van der Waals surface area contributed by atoms with Crippen LogP contribution in [0.3, 0.4) is 0 Å². The van der Waals surface area contributed by atoms with Gasteiger partial charge in [0.25, 0.3) is 23.6 Å². The number of aromatic nitrogens is 4. The molecule has 0 aliphatic carbocycles. The average Bonchev–Trinajstić information content (AvgIpc) is 2.78. The molecule has 20 nitrogen and oxygen atoms in total. The van der Waals surface area contributed by atoms with Crippen molar-refractivity contribution in [2.75, 3.05) is 78.1 Å². The third-order valence-electron chi connectivity index (χ3n) is 14.6. The van der Waals surface area contributed by atoms with Gasteiger partial charge in [-0.15, -0.1) is 0 Å². The number of carbonyl (C=O) groups is 4. The second-order valence-electron chi connectivity index (χ2n) is 19.6. The number of nitrogens with zero attached hydrogens (tertiary/aromatic N) is 2. The molecule has 20 heteroatoms. The summed E-state index contributed by atoms with van der Waals surface area (Å²) in [6.07, 6.45) is 4.04. The summed E-state index contributed by atoms with van der Waals surface area (Å²) in [7, 11) is 12.0. The summed E-state index contributed by atoms with van der Waals surface area (Å²) in [5.74, 6) is 0.210. The molecule has 3 aromatic heterocycles. The number of carbonyl (C=O) groups excluding carboxylic acids is 4. The van der Waals surface area contributed by atoms with Crippen LogP contribution in [0.2, 0.25) is 0 Å². The van der Waals surface area contributed by atoms with Crippen molar-refractivity contribution in [1.82, 2.24) is 19.9 Å². The molecule has 2 aliphatic rings. The van der Waals surface area contributed by atoms with Crippen molar-refractivity contribution >= 4 is 92.7 Å². The van der Waals surface area contributed by atoms with Gasteiger partial charge in [-0.1, -0.05) is 12.1 Å². The maximum Gasteiger partial charge on any atom is 0.253 e. The minimum Gasteiger partial charge on any atom is -0.497 e. The number of benzene rings is 4. The highest BCUT2D eigenvalue weighted by molar-refractivity contribution is 6.11. The van der Waals surface area contributed by atoms with Gasteiger partial charge in [0.1, 0.15) is 47.4 Å². The van der Waals surface area contributed by atoms with Gasteiger partial charge in [0.15, 0.2) is 0 Å². The predicted molar refractivity (Wildman–Crippen MR) is 327 cm³/mol. The largest absolute Gasteiger partial charge is 0.497 e. The van der Waals surface area contributed by atoms with Crippen LogP contribution in [0.4, 0.5) is 22.7 Å². The molecule has 4 amide bonds. The van der Waals surface area contributed by atoms with Crippen molar-refractivity contribution in [3.05, 3.63) is 120 Å². The minimum absolute atomic E-state index is 0.333. The highest BCUT2D eigenvalue weighted by Crippen LogP contribution is 2.46. The molecule has 4 aromatic carbocycles. The van der Waals surface area contributed by atoms with Gasteiger partial charge in [-0.25, -0.2) is 9.97 Å². The Balaban J connectivity index is 1.52. The molecule has 0 saturated carbocycles. The number of H-pyrrole nitrogens is 2. The van der Waals surface area contributed by atoms with Crippen molar-refractivity contribution in [2.45, 2.75) is 52.1 Å². The molecular weight excluding hydrogens is 1070 g/mol. The fraction of sp³-hybridized carbons (Fsp3) is 0.250. The molecule has 0 fully saturated rings. The Morgan fingerprint density at radius 1 is 0.357 bits per heavy atom. The molecule has 2 aliphatic heterocycles. The van der Waals surface area contributed by atoms with Crippen molar-refractivity contribution in [1.29, 1.82) is 0 Å². The van der Waals surface area contributed by atoms with E-state index in [0.717, 1.165) is 0 Å². The minimum atomic E-state index is -0.858. The Bertz CT molecular complexity index is 3560. The lowest BCUT2D eigenvalue weighted by atomic mass is 9.98. The van der Waals surface area contributed by atoms with E-state index in [0.29, 0.717) is 135 Å². The van der Waals surface area contributed by atoms with Gasteiger partial charge in [0.2, 0.25) is 0 Å². The third-order valence-corrected chi connectivity index (χ3v) is 14.6. The van der Waals surface area contributed by atoms with Gasteiger partial charge in [-0.05, 0) is 136 Å². The fourth-order valence-electron chi connectivity index (χ4n) is 9.67. The van der Waals surface area contributed by atoms with Gasteiger partial charge in [0.05, 0.1) is 74.0 Å². The molecule has 84 heavy (non-hydrogen) atoms. The van der Waals surface area contributed by atoms with Crippen molar-refractivity contribution in [3.63, 3.8) is 0 Å². The van der Waals surface area contributed by atoms with E-state index in [2.05, 4.69) is 31.2 Å². The van der Waals surface area contributed by atoms with Crippen LogP contribution in [0, 0.1) is 0 Å². The highest BCUT2D eigenvalue weighted by atomic mass is 16.5. The van der Waals surface area contributed by atoms with Crippen LogP contribution in [0.1, 0.15) is 50.5 Å². The SMILES string of the molecule is COc1cc(OC)cc(-c2c3nc(c(-c4c(NC(=O)[C@H](C)OC)cccc4NC(=O)[C@H](C)OC)c4ccc([nH]4)c(-c4cc(OC)cc(OC)c4)c4nc(c(-c5c(NC(=O)[C@H](C)OC)cccc5NC(=O)[C@H](C)OC)c5ccc2[nH]5)C=C4)C=C3)c1. The summed E-state index contributed by atoms with van der Waals surface area (Å²) in [5, 5.41) is 12.3. The lowest BCUT2D eigenvalue weighted by Crippen LogP contribution is -2.28. The van der Waals surface area contributed by atoms with Crippen LogP contribution < -0.4 is 40.2 Å². The smallest absolute Gasteiger partial charge is 0.253 e. The van der Waals surface area contributed by atoms with Crippen molar-refractivity contribution in [2.24, 2.45) is 0 Å². The van der Waals surface area contributed by atoms with E-state index in [1.807, 2.05) is 72.8 Å². The van der Waals surface area contributed by atoms with Gasteiger partial charge >= 0.3 is 0 Å². The number of hydrogen-bond donors (Lipinski definition) is 6. The van der Waals surface area contributed by atoms with Crippen LogP contribution in [0.15, 0.2) is 97.1 Å². The number of nitrogens with one attached hydrogen (secondary N) is 6. The molecule has 0 saturated heterocycles. The van der Waals surface area contributed by atoms with Gasteiger partial charge in [-0.2, -0.15) is 0 Å². The summed E-state index contributed by atoms with van der Waals surface area (Å²) >= 11 is 0. The average molecular weight is 1140 g/mol. The number of amides is 4. The van der Waals surface area contributed by atoms with E-state index < -0.39 is 48.0 Å². The van der Waals surface area contributed by atoms with Crippen LogP contribution in [-0.4, -0.2) is 125 Å². The van der Waals surface area contributed by atoms with E-state index in [9.17, 15) is 19.2 Å². The maximum absolute atomic E-state index is 13.9. The molecule has 6 N–H and O–H groups in total. The number of ether oxygens (including phenoxy) is 8. The molecule has 0 spiro atoms. The Morgan fingerprint density at radius 3 is 0.857 bits per heavy atom. The summed E-state index contributed by atoms with van der Waals surface area (Å²) in [5.41, 5.74) is 9.53. The summed E-state index contributed by atoms with van der Waals surface area (Å²) in [4.78, 5) is 74.1. The zero-order valence-corrected chi connectivity index (χ0v) is 48.6. The Morgan fingerprint density at radius 2 is 0.607 bits per heavy atom. The van der Waals surface area contributed by atoms with Crippen LogP contribution >= 0.6 is 0 Å². The Kier molecular flexibility index (Phi) is 18.0. The summed E-state index contributed by atoms with van der Waals surface area (Å²) in [6, 6.07) is 29.0. The van der Waals surface area contributed by atoms with Gasteiger partial charge in [0, 0.05) is 96.0 Å². The molecule has 434 valence electrons. The van der Waals surface area contributed by atoms with E-state index >= 15 is 0 Å². The monoisotopic (exact) mass is 1140 g/mol. The van der Waals surface area contributed by atoms with Crippen molar-refractivity contribution < 1.29 is 57.1 Å². The van der Waals surface area contributed by atoms with E-state index in [1.54, 1.807) is 105 Å². The lowest BCUT2D eigenvalue weighted by molar-refractivity contribution is -0.125. The molecule has 9 rings (SSSR count). The van der Waals surface area contributed by atoms with Gasteiger partial charge in [-0.3, -0.25) is 19.2 Å². The molecule has 0 unspecified atom stereocenters. The molecule has 4 atom stereocenters. The third kappa shape index (κ3) is 12.1. The quantitative estimate of drug-likeness (QED) is 0.0416. The van der Waals surface area contributed by atoms with Crippen LogP contribution in [0.25, 0.3) is 90.9 Å². The first kappa shape index (κ1) is 59.0. The van der Waals surface area contributed by atoms with Crippen LogP contribution in [0.5, 0.6) is 23.0 Å². The summed E-state index contributed by atoms with van der Waals surface area (Å²) < 4.78 is 45.3. The zero-order valence-electron chi connectivity index (χ0n) is 48.6. The molecule has 8 bridgehead atoms. The molecular formula is C64H66N8O12. The molecule has 7 aromatic rings. The second kappa shape index (κ2) is 25.7. The van der Waals surface area contributed by atoms with E-state index in [1.165, 1.54) is 28.4 Å². The lowest BCUT2D eigenvalue weighted by Gasteiger charge is -2.20.